The molecule has 1 aliphatic rings. The number of carbonyl (C=O) groups is 2. The summed E-state index contributed by atoms with van der Waals surface area (Å²) in [6.45, 7) is 2.20. The van der Waals surface area contributed by atoms with Gasteiger partial charge in [-0.2, -0.15) is 0 Å². The SMILES string of the molecule is CCCCCC(=O)c1cc2c(cc1F)SC[C@H](N)C(=O)N2Cc1ccc(F)cc1.Cl. The van der Waals surface area contributed by atoms with Crippen LogP contribution >= 0.6 is 24.2 Å². The van der Waals surface area contributed by atoms with Crippen LogP contribution in [-0.4, -0.2) is 23.5 Å². The van der Waals surface area contributed by atoms with Crippen LogP contribution in [0.5, 0.6) is 0 Å². The van der Waals surface area contributed by atoms with E-state index in [0.29, 0.717) is 28.3 Å². The van der Waals surface area contributed by atoms with Crippen LogP contribution in [0.25, 0.3) is 0 Å². The smallest absolute Gasteiger partial charge is 0.245 e. The molecule has 8 heteroatoms. The van der Waals surface area contributed by atoms with Gasteiger partial charge in [-0.3, -0.25) is 9.59 Å². The van der Waals surface area contributed by atoms with Gasteiger partial charge in [0.2, 0.25) is 5.91 Å². The molecule has 4 nitrogen and oxygen atoms in total. The van der Waals surface area contributed by atoms with Crippen molar-refractivity contribution in [3.05, 3.63) is 59.2 Å². The summed E-state index contributed by atoms with van der Waals surface area (Å²) in [6.07, 6.45) is 2.83. The maximum absolute atomic E-state index is 14.7. The quantitative estimate of drug-likeness (QED) is 0.466. The van der Waals surface area contributed by atoms with Crippen LogP contribution in [0.3, 0.4) is 0 Å². The molecule has 0 saturated heterocycles. The molecule has 1 heterocycles. The van der Waals surface area contributed by atoms with Crippen LogP contribution in [0.1, 0.15) is 48.5 Å². The van der Waals surface area contributed by atoms with Crippen LogP contribution in [0.2, 0.25) is 0 Å². The van der Waals surface area contributed by atoms with Crippen molar-refractivity contribution in [1.82, 2.24) is 0 Å². The molecule has 2 N–H and O–H groups in total. The summed E-state index contributed by atoms with van der Waals surface area (Å²) in [5, 5.41) is 0. The Bertz CT molecular complexity index is 909. The summed E-state index contributed by atoms with van der Waals surface area (Å²) in [7, 11) is 0. The van der Waals surface area contributed by atoms with Crippen LogP contribution in [-0.2, 0) is 11.3 Å². The molecule has 0 aliphatic carbocycles. The normalized spacial score (nSPS) is 15.9. The molecule has 0 aromatic heterocycles. The fraction of sp³-hybridized carbons (Fsp3) is 0.364. The topological polar surface area (TPSA) is 63.4 Å². The number of benzene rings is 2. The first-order valence-corrected chi connectivity index (χ1v) is 10.7. The molecule has 0 unspecified atom stereocenters. The molecule has 1 atom stereocenters. The Morgan fingerprint density at radius 1 is 1.20 bits per heavy atom. The van der Waals surface area contributed by atoms with Crippen molar-refractivity contribution in [3.8, 4) is 0 Å². The molecule has 162 valence electrons. The predicted molar refractivity (Wildman–Crippen MR) is 118 cm³/mol. The molecule has 1 aliphatic heterocycles. The monoisotopic (exact) mass is 454 g/mol. The number of nitrogens with two attached hydrogens (primary N) is 1. The predicted octanol–water partition coefficient (Wildman–Crippen LogP) is 5.12. The Morgan fingerprint density at radius 2 is 1.90 bits per heavy atom. The first-order valence-electron chi connectivity index (χ1n) is 9.71. The number of amides is 1. The highest BCUT2D eigenvalue weighted by molar-refractivity contribution is 7.99. The van der Waals surface area contributed by atoms with Crippen molar-refractivity contribution in [2.24, 2.45) is 5.73 Å². The van der Waals surface area contributed by atoms with Gasteiger partial charge in [-0.15, -0.1) is 24.2 Å². The number of rotatable bonds is 7. The first kappa shape index (κ1) is 24.3. The summed E-state index contributed by atoms with van der Waals surface area (Å²) in [4.78, 5) is 27.5. The Hall–Kier alpha value is -1.96. The number of unbranched alkanes of at least 4 members (excludes halogenated alkanes) is 2. The molecular formula is C22H25ClF2N2O2S. The van der Waals surface area contributed by atoms with Gasteiger partial charge >= 0.3 is 0 Å². The van der Waals surface area contributed by atoms with E-state index in [1.165, 1.54) is 40.9 Å². The van der Waals surface area contributed by atoms with E-state index in [-0.39, 0.29) is 48.4 Å². The number of carbonyl (C=O) groups excluding carboxylic acids is 2. The minimum Gasteiger partial charge on any atom is -0.319 e. The molecule has 0 saturated carbocycles. The Labute approximate surface area is 185 Å². The molecule has 1 amide bonds. The first-order chi connectivity index (χ1) is 13.9. The van der Waals surface area contributed by atoms with Crippen molar-refractivity contribution >= 4 is 41.5 Å². The van der Waals surface area contributed by atoms with Crippen molar-refractivity contribution in [2.45, 2.75) is 50.1 Å². The highest BCUT2D eigenvalue weighted by atomic mass is 35.5. The van der Waals surface area contributed by atoms with Crippen LogP contribution in [0.4, 0.5) is 14.5 Å². The Kier molecular flexibility index (Phi) is 8.82. The van der Waals surface area contributed by atoms with E-state index >= 15 is 0 Å². The summed E-state index contributed by atoms with van der Waals surface area (Å²) in [6, 6.07) is 7.85. The van der Waals surface area contributed by atoms with Crippen LogP contribution in [0.15, 0.2) is 41.3 Å². The van der Waals surface area contributed by atoms with E-state index < -0.39 is 11.9 Å². The number of hydrogen-bond donors (Lipinski definition) is 1. The average molecular weight is 455 g/mol. The van der Waals surface area contributed by atoms with E-state index in [9.17, 15) is 18.4 Å². The van der Waals surface area contributed by atoms with Crippen molar-refractivity contribution in [1.29, 1.82) is 0 Å². The minimum absolute atomic E-state index is 0. The van der Waals surface area contributed by atoms with Gasteiger partial charge in [-0.05, 0) is 36.2 Å². The second kappa shape index (κ2) is 10.9. The van der Waals surface area contributed by atoms with Gasteiger partial charge < -0.3 is 10.6 Å². The number of Topliss-reactive ketones (excluding diaryl/α,β-unsaturated/α-hetero) is 1. The molecule has 0 spiro atoms. The fourth-order valence-corrected chi connectivity index (χ4v) is 4.26. The molecule has 0 radical (unpaired) electrons. The van der Waals surface area contributed by atoms with Gasteiger partial charge in [0.05, 0.1) is 23.8 Å². The van der Waals surface area contributed by atoms with E-state index in [4.69, 9.17) is 5.73 Å². The number of nitrogens with zero attached hydrogens (tertiary/aromatic N) is 1. The zero-order valence-electron chi connectivity index (χ0n) is 16.7. The molecule has 2 aromatic carbocycles. The summed E-state index contributed by atoms with van der Waals surface area (Å²) < 4.78 is 27.9. The lowest BCUT2D eigenvalue weighted by Crippen LogP contribution is -2.44. The summed E-state index contributed by atoms with van der Waals surface area (Å²) in [5.41, 5.74) is 7.19. The third kappa shape index (κ3) is 5.59. The molecule has 0 bridgehead atoms. The number of anilines is 1. The summed E-state index contributed by atoms with van der Waals surface area (Å²) in [5.74, 6) is -1.22. The van der Waals surface area contributed by atoms with Gasteiger partial charge in [0.15, 0.2) is 5.78 Å². The van der Waals surface area contributed by atoms with E-state index in [0.717, 1.165) is 12.8 Å². The van der Waals surface area contributed by atoms with E-state index in [1.807, 2.05) is 6.92 Å². The molecular weight excluding hydrogens is 430 g/mol. The van der Waals surface area contributed by atoms with Gasteiger partial charge in [0, 0.05) is 17.1 Å². The third-order valence-corrected chi connectivity index (χ3v) is 6.07. The zero-order valence-corrected chi connectivity index (χ0v) is 18.3. The maximum atomic E-state index is 14.7. The second-order valence-electron chi connectivity index (χ2n) is 7.15. The van der Waals surface area contributed by atoms with E-state index in [1.54, 1.807) is 12.1 Å². The third-order valence-electron chi connectivity index (χ3n) is 4.90. The van der Waals surface area contributed by atoms with Gasteiger partial charge in [0.1, 0.15) is 11.6 Å². The standard InChI is InChI=1S/C22H24F2N2O2S.ClH/c1-2-3-4-5-20(27)16-10-19-21(11-17(16)24)29-13-18(25)22(28)26(19)12-14-6-8-15(23)9-7-14;/h6-11,18H,2-5,12-13,25H2,1H3;1H/t18-;/m0./s1. The van der Waals surface area contributed by atoms with Crippen molar-refractivity contribution in [2.75, 3.05) is 10.7 Å². The lowest BCUT2D eigenvalue weighted by molar-refractivity contribution is -0.119. The Balaban J connectivity index is 0.00000320. The number of hydrogen-bond acceptors (Lipinski definition) is 4. The number of halogens is 3. The number of fused-ring (bicyclic) bond motifs is 1. The van der Waals surface area contributed by atoms with E-state index in [2.05, 4.69) is 0 Å². The summed E-state index contributed by atoms with van der Waals surface area (Å²) >= 11 is 1.30. The molecule has 0 fully saturated rings. The molecule has 30 heavy (non-hydrogen) atoms. The van der Waals surface area contributed by atoms with Crippen molar-refractivity contribution in [3.63, 3.8) is 0 Å². The lowest BCUT2D eigenvalue weighted by Gasteiger charge is -2.25. The number of ketones is 1. The Morgan fingerprint density at radius 3 is 2.57 bits per heavy atom. The largest absolute Gasteiger partial charge is 0.319 e. The molecule has 3 rings (SSSR count). The highest BCUT2D eigenvalue weighted by Gasteiger charge is 2.30. The van der Waals surface area contributed by atoms with Gasteiger partial charge in [-0.1, -0.05) is 31.9 Å². The van der Waals surface area contributed by atoms with Crippen LogP contribution in [0, 0.1) is 11.6 Å². The fourth-order valence-electron chi connectivity index (χ4n) is 3.26. The van der Waals surface area contributed by atoms with Gasteiger partial charge in [0.25, 0.3) is 0 Å². The molecule has 2 aromatic rings. The number of thioether (sulfide) groups is 1. The highest BCUT2D eigenvalue weighted by Crippen LogP contribution is 2.37. The van der Waals surface area contributed by atoms with Crippen LogP contribution < -0.4 is 10.6 Å². The maximum Gasteiger partial charge on any atom is 0.245 e. The second-order valence-corrected chi connectivity index (χ2v) is 8.21. The lowest BCUT2D eigenvalue weighted by atomic mass is 10.0. The van der Waals surface area contributed by atoms with Crippen molar-refractivity contribution < 1.29 is 18.4 Å². The zero-order chi connectivity index (χ0) is 21.0. The average Bonchev–Trinajstić information content (AvgIpc) is 2.81. The van der Waals surface area contributed by atoms with Gasteiger partial charge in [-0.25, -0.2) is 8.78 Å². The minimum atomic E-state index is -0.750.